The van der Waals surface area contributed by atoms with Crippen molar-refractivity contribution in [1.29, 1.82) is 0 Å². The molecule has 0 bridgehead atoms. The van der Waals surface area contributed by atoms with Crippen molar-refractivity contribution in [2.24, 2.45) is 0 Å². The third kappa shape index (κ3) is 6.94. The van der Waals surface area contributed by atoms with Gasteiger partial charge in [-0.05, 0) is 49.3 Å². The molecule has 0 aromatic heterocycles. The Morgan fingerprint density at radius 3 is 1.23 bits per heavy atom. The highest BCUT2D eigenvalue weighted by atomic mass is 32.2. The number of benzene rings is 1. The van der Waals surface area contributed by atoms with Crippen LogP contribution in [0.3, 0.4) is 0 Å². The van der Waals surface area contributed by atoms with Crippen LogP contribution >= 0.6 is 23.5 Å². The van der Waals surface area contributed by atoms with Gasteiger partial charge in [-0.25, -0.2) is 0 Å². The molecule has 1 aromatic carbocycles. The average molecular weight is 455 g/mol. The van der Waals surface area contributed by atoms with Gasteiger partial charge in [0.2, 0.25) is 0 Å². The molecule has 4 nitrogen and oxygen atoms in total. The van der Waals surface area contributed by atoms with Gasteiger partial charge in [-0.2, -0.15) is 23.5 Å². The van der Waals surface area contributed by atoms with Crippen molar-refractivity contribution < 1.29 is 19.1 Å². The summed E-state index contributed by atoms with van der Waals surface area (Å²) in [7, 11) is 0. The second-order valence-corrected chi connectivity index (χ2v) is 9.39. The summed E-state index contributed by atoms with van der Waals surface area (Å²) in [5, 5.41) is 0. The number of thioether (sulfide) groups is 2. The molecule has 0 saturated heterocycles. The number of carbonyl (C=O) groups is 2. The minimum atomic E-state index is -0.621. The fourth-order valence-electron chi connectivity index (χ4n) is 3.71. The standard InChI is InChI=1S/C24H38O4S2/c1-7-23(8-2,27-21(25)15-17-29-5)19-11-13-20(14-12-19)24(9-3,10-4)28-22(26)16-18-30-6/h11-14H,7-10,15-18H2,1-6H3. The van der Waals surface area contributed by atoms with E-state index in [1.165, 1.54) is 0 Å². The molecule has 0 aliphatic heterocycles. The molecule has 1 aromatic rings. The Morgan fingerprint density at radius 1 is 0.700 bits per heavy atom. The van der Waals surface area contributed by atoms with E-state index in [1.807, 2.05) is 36.8 Å². The maximum atomic E-state index is 12.3. The zero-order chi connectivity index (χ0) is 22.6. The van der Waals surface area contributed by atoms with Gasteiger partial charge >= 0.3 is 11.9 Å². The molecule has 0 aliphatic carbocycles. The SMILES string of the molecule is CCC(CC)(OC(=O)CCSC)c1ccc(C(CC)(CC)OC(=O)CCSC)cc1. The quantitative estimate of drug-likeness (QED) is 0.307. The Hall–Kier alpha value is -1.14. The molecule has 170 valence electrons. The summed E-state index contributed by atoms with van der Waals surface area (Å²) < 4.78 is 11.9. The highest BCUT2D eigenvalue weighted by molar-refractivity contribution is 7.98. The van der Waals surface area contributed by atoms with E-state index < -0.39 is 11.2 Å². The summed E-state index contributed by atoms with van der Waals surface area (Å²) in [5.74, 6) is 1.21. The van der Waals surface area contributed by atoms with Crippen LogP contribution in [0.1, 0.15) is 77.3 Å². The van der Waals surface area contributed by atoms with Crippen LogP contribution in [-0.2, 0) is 30.3 Å². The predicted molar refractivity (Wildman–Crippen MR) is 129 cm³/mol. The van der Waals surface area contributed by atoms with Gasteiger partial charge in [-0.1, -0.05) is 52.0 Å². The van der Waals surface area contributed by atoms with Gasteiger partial charge in [0, 0.05) is 11.5 Å². The van der Waals surface area contributed by atoms with Gasteiger partial charge in [0.05, 0.1) is 12.8 Å². The summed E-state index contributed by atoms with van der Waals surface area (Å²) in [6.07, 6.45) is 7.66. The molecule has 0 unspecified atom stereocenters. The van der Waals surface area contributed by atoms with Crippen LogP contribution in [0.4, 0.5) is 0 Å². The van der Waals surface area contributed by atoms with Crippen LogP contribution in [0.25, 0.3) is 0 Å². The van der Waals surface area contributed by atoms with Crippen LogP contribution in [-0.4, -0.2) is 36.0 Å². The molecule has 0 fully saturated rings. The highest BCUT2D eigenvalue weighted by Gasteiger charge is 2.36. The monoisotopic (exact) mass is 454 g/mol. The van der Waals surface area contributed by atoms with Crippen LogP contribution in [0, 0.1) is 0 Å². The molecule has 30 heavy (non-hydrogen) atoms. The molecule has 0 saturated carbocycles. The summed E-state index contributed by atoms with van der Waals surface area (Å²) in [5.41, 5.74) is 0.737. The van der Waals surface area contributed by atoms with E-state index in [0.717, 1.165) is 22.6 Å². The van der Waals surface area contributed by atoms with Crippen molar-refractivity contribution in [2.75, 3.05) is 24.0 Å². The van der Waals surface area contributed by atoms with E-state index in [-0.39, 0.29) is 11.9 Å². The molecular formula is C24H38O4S2. The Balaban J connectivity index is 3.14. The molecule has 0 aliphatic rings. The second-order valence-electron chi connectivity index (χ2n) is 7.41. The van der Waals surface area contributed by atoms with Crippen LogP contribution < -0.4 is 0 Å². The van der Waals surface area contributed by atoms with Crippen molar-refractivity contribution >= 4 is 35.5 Å². The minimum Gasteiger partial charge on any atom is -0.454 e. The largest absolute Gasteiger partial charge is 0.454 e. The molecule has 0 N–H and O–H groups in total. The fourth-order valence-corrected chi connectivity index (χ4v) is 4.45. The van der Waals surface area contributed by atoms with Crippen molar-refractivity contribution in [2.45, 2.75) is 77.4 Å². The van der Waals surface area contributed by atoms with Crippen LogP contribution in [0.5, 0.6) is 0 Å². The predicted octanol–water partition coefficient (Wildman–Crippen LogP) is 6.31. The molecule has 1 rings (SSSR count). The lowest BCUT2D eigenvalue weighted by atomic mass is 9.83. The number of hydrogen-bond acceptors (Lipinski definition) is 6. The van der Waals surface area contributed by atoms with Crippen LogP contribution in [0.15, 0.2) is 24.3 Å². The fraction of sp³-hybridized carbons (Fsp3) is 0.667. The Labute approximate surface area is 191 Å². The maximum Gasteiger partial charge on any atom is 0.307 e. The smallest absolute Gasteiger partial charge is 0.307 e. The van der Waals surface area contributed by atoms with Gasteiger partial charge in [-0.15, -0.1) is 0 Å². The van der Waals surface area contributed by atoms with Gasteiger partial charge in [0.1, 0.15) is 11.2 Å². The first kappa shape index (κ1) is 26.9. The first-order valence-electron chi connectivity index (χ1n) is 10.9. The van der Waals surface area contributed by atoms with Crippen molar-refractivity contribution in [1.82, 2.24) is 0 Å². The molecule has 0 heterocycles. The average Bonchev–Trinajstić information content (AvgIpc) is 2.78. The van der Waals surface area contributed by atoms with Crippen molar-refractivity contribution in [3.8, 4) is 0 Å². The van der Waals surface area contributed by atoms with Gasteiger partial charge < -0.3 is 9.47 Å². The number of rotatable bonds is 14. The van der Waals surface area contributed by atoms with E-state index in [9.17, 15) is 9.59 Å². The maximum absolute atomic E-state index is 12.3. The van der Waals surface area contributed by atoms with Crippen molar-refractivity contribution in [3.05, 3.63) is 35.4 Å². The minimum absolute atomic E-state index is 0.156. The number of carbonyl (C=O) groups excluding carboxylic acids is 2. The molecule has 0 amide bonds. The first-order valence-corrected chi connectivity index (χ1v) is 13.7. The lowest BCUT2D eigenvalue weighted by Crippen LogP contribution is -2.33. The second kappa shape index (κ2) is 13.3. The molecule has 0 spiro atoms. The Bertz CT molecular complexity index is 593. The van der Waals surface area contributed by atoms with Crippen molar-refractivity contribution in [3.63, 3.8) is 0 Å². The van der Waals surface area contributed by atoms with Gasteiger partial charge in [-0.3, -0.25) is 9.59 Å². The highest BCUT2D eigenvalue weighted by Crippen LogP contribution is 2.38. The van der Waals surface area contributed by atoms with Crippen LogP contribution in [0.2, 0.25) is 0 Å². The summed E-state index contributed by atoms with van der Waals surface area (Å²) in [6.45, 7) is 8.20. The van der Waals surface area contributed by atoms with Gasteiger partial charge in [0.25, 0.3) is 0 Å². The molecular weight excluding hydrogens is 416 g/mol. The normalized spacial score (nSPS) is 11.9. The van der Waals surface area contributed by atoms with E-state index in [0.29, 0.717) is 38.5 Å². The Kier molecular flexibility index (Phi) is 11.9. The van der Waals surface area contributed by atoms with Gasteiger partial charge in [0.15, 0.2) is 0 Å². The number of hydrogen-bond donors (Lipinski definition) is 0. The Morgan fingerprint density at radius 2 is 1.00 bits per heavy atom. The van der Waals surface area contributed by atoms with E-state index >= 15 is 0 Å². The zero-order valence-electron chi connectivity index (χ0n) is 19.4. The molecule has 6 heteroatoms. The third-order valence-corrected chi connectivity index (χ3v) is 7.09. The lowest BCUT2D eigenvalue weighted by molar-refractivity contribution is -0.163. The lowest BCUT2D eigenvalue weighted by Gasteiger charge is -2.35. The zero-order valence-corrected chi connectivity index (χ0v) is 21.0. The molecule has 0 radical (unpaired) electrons. The summed E-state index contributed by atoms with van der Waals surface area (Å²) in [6, 6.07) is 8.11. The summed E-state index contributed by atoms with van der Waals surface area (Å²) >= 11 is 3.29. The summed E-state index contributed by atoms with van der Waals surface area (Å²) in [4.78, 5) is 24.7. The third-order valence-electron chi connectivity index (χ3n) is 5.86. The van der Waals surface area contributed by atoms with E-state index in [1.54, 1.807) is 23.5 Å². The first-order chi connectivity index (χ1) is 14.4. The molecule has 0 atom stereocenters. The number of esters is 2. The number of ether oxygens (including phenoxy) is 2. The van der Waals surface area contributed by atoms with E-state index in [4.69, 9.17) is 9.47 Å². The van der Waals surface area contributed by atoms with E-state index in [2.05, 4.69) is 27.7 Å². The topological polar surface area (TPSA) is 52.6 Å².